The molecule has 27 heavy (non-hydrogen) atoms. The van der Waals surface area contributed by atoms with Gasteiger partial charge >= 0.3 is 0 Å². The molecule has 0 spiro atoms. The van der Waals surface area contributed by atoms with Gasteiger partial charge in [0, 0.05) is 44.3 Å². The monoisotopic (exact) mass is 392 g/mol. The van der Waals surface area contributed by atoms with E-state index >= 15 is 0 Å². The van der Waals surface area contributed by atoms with Crippen molar-refractivity contribution in [2.24, 2.45) is 5.92 Å². The number of likely N-dealkylation sites (tertiary alicyclic amines) is 1. The maximum atomic E-state index is 14.0. The first-order valence-electron chi connectivity index (χ1n) is 8.89. The normalized spacial score (nSPS) is 21.0. The molecule has 2 heterocycles. The summed E-state index contributed by atoms with van der Waals surface area (Å²) in [5, 5.41) is 0. The van der Waals surface area contributed by atoms with E-state index in [2.05, 4.69) is 14.6 Å². The molecule has 1 aromatic heterocycles. The van der Waals surface area contributed by atoms with Gasteiger partial charge < -0.3 is 4.90 Å². The van der Waals surface area contributed by atoms with E-state index in [0.717, 1.165) is 24.8 Å². The highest BCUT2D eigenvalue weighted by Crippen LogP contribution is 2.22. The molecule has 0 radical (unpaired) electrons. The van der Waals surface area contributed by atoms with Crippen molar-refractivity contribution in [3.05, 3.63) is 60.2 Å². The Labute approximate surface area is 160 Å². The van der Waals surface area contributed by atoms with E-state index in [1.807, 2.05) is 37.2 Å². The quantitative estimate of drug-likeness (QED) is 0.775. The number of benzene rings is 1. The molecule has 0 bridgehead atoms. The Morgan fingerprint density at radius 3 is 2.59 bits per heavy atom. The molecule has 1 aliphatic heterocycles. The number of halogens is 1. The van der Waals surface area contributed by atoms with Gasteiger partial charge in [-0.2, -0.15) is 0 Å². The molecule has 0 saturated carbocycles. The fraction of sp³-hybridized carbons (Fsp3) is 0.421. The van der Waals surface area contributed by atoms with Crippen LogP contribution >= 0.6 is 0 Å². The Balaban J connectivity index is 1.76. The zero-order valence-electron chi connectivity index (χ0n) is 15.5. The molecule has 6 nitrogen and oxygen atoms in total. The molecule has 8 heteroatoms. The molecule has 3 rings (SSSR count). The van der Waals surface area contributed by atoms with E-state index in [1.165, 1.54) is 18.2 Å². The van der Waals surface area contributed by atoms with Crippen LogP contribution in [0.3, 0.4) is 0 Å². The highest BCUT2D eigenvalue weighted by atomic mass is 32.2. The predicted molar refractivity (Wildman–Crippen MR) is 102 cm³/mol. The van der Waals surface area contributed by atoms with Crippen molar-refractivity contribution >= 4 is 10.0 Å². The minimum atomic E-state index is -3.93. The second-order valence-corrected chi connectivity index (χ2v) is 8.88. The fourth-order valence-corrected chi connectivity index (χ4v) is 4.90. The standard InChI is InChI=1S/C19H25FN4O2S/c1-23(2)11-15-12-24(13-16-7-5-6-10-21-16)14-18(15)22-27(25,26)19-9-4-3-8-17(19)20/h3-10,15,18,22H,11-14H2,1-2H3/t15-,18-/m1/s1. The molecule has 0 unspecified atom stereocenters. The number of hydrogen-bond donors (Lipinski definition) is 1. The van der Waals surface area contributed by atoms with Gasteiger partial charge in [0.25, 0.3) is 0 Å². The lowest BCUT2D eigenvalue weighted by Crippen LogP contribution is -2.43. The fourth-order valence-electron chi connectivity index (χ4n) is 3.52. The SMILES string of the molecule is CN(C)C[C@@H]1CN(Cc2ccccn2)C[C@H]1NS(=O)(=O)c1ccccc1F. The Kier molecular flexibility index (Phi) is 6.21. The molecule has 0 amide bonds. The van der Waals surface area contributed by atoms with E-state index in [-0.39, 0.29) is 16.9 Å². The van der Waals surface area contributed by atoms with Crippen LogP contribution in [0.2, 0.25) is 0 Å². The van der Waals surface area contributed by atoms with E-state index in [9.17, 15) is 12.8 Å². The van der Waals surface area contributed by atoms with Gasteiger partial charge in [0.2, 0.25) is 10.0 Å². The average molecular weight is 393 g/mol. The molecular weight excluding hydrogens is 367 g/mol. The molecule has 1 saturated heterocycles. The van der Waals surface area contributed by atoms with Crippen molar-refractivity contribution in [1.29, 1.82) is 0 Å². The predicted octanol–water partition coefficient (Wildman–Crippen LogP) is 1.56. The van der Waals surface area contributed by atoms with Crippen LogP contribution in [0.15, 0.2) is 53.6 Å². The lowest BCUT2D eigenvalue weighted by molar-refractivity contribution is 0.282. The summed E-state index contributed by atoms with van der Waals surface area (Å²) >= 11 is 0. The van der Waals surface area contributed by atoms with Crippen LogP contribution in [0.4, 0.5) is 4.39 Å². The smallest absolute Gasteiger partial charge is 0.243 e. The Bertz CT molecular complexity index is 861. The van der Waals surface area contributed by atoms with Crippen molar-refractivity contribution in [2.75, 3.05) is 33.7 Å². The van der Waals surface area contributed by atoms with Crippen molar-refractivity contribution in [3.8, 4) is 0 Å². The van der Waals surface area contributed by atoms with Gasteiger partial charge in [-0.3, -0.25) is 9.88 Å². The Hall–Kier alpha value is -1.87. The summed E-state index contributed by atoms with van der Waals surface area (Å²) in [6, 6.07) is 10.9. The third-order valence-electron chi connectivity index (χ3n) is 4.66. The number of rotatable bonds is 7. The Morgan fingerprint density at radius 2 is 1.93 bits per heavy atom. The number of nitrogens with one attached hydrogen (secondary N) is 1. The zero-order chi connectivity index (χ0) is 19.4. The lowest BCUT2D eigenvalue weighted by atomic mass is 10.0. The molecule has 2 atom stereocenters. The minimum absolute atomic E-state index is 0.102. The number of hydrogen-bond acceptors (Lipinski definition) is 5. The number of sulfonamides is 1. The summed E-state index contributed by atoms with van der Waals surface area (Å²) in [6.07, 6.45) is 1.75. The Morgan fingerprint density at radius 1 is 1.19 bits per heavy atom. The molecule has 0 aliphatic carbocycles. The average Bonchev–Trinajstić information content (AvgIpc) is 2.95. The van der Waals surface area contributed by atoms with E-state index in [0.29, 0.717) is 13.1 Å². The van der Waals surface area contributed by atoms with Crippen LogP contribution in [0.1, 0.15) is 5.69 Å². The van der Waals surface area contributed by atoms with E-state index < -0.39 is 15.8 Å². The van der Waals surface area contributed by atoms with Crippen molar-refractivity contribution in [3.63, 3.8) is 0 Å². The lowest BCUT2D eigenvalue weighted by Gasteiger charge is -2.23. The molecule has 1 aliphatic rings. The summed E-state index contributed by atoms with van der Waals surface area (Å²) in [4.78, 5) is 8.26. The highest BCUT2D eigenvalue weighted by Gasteiger charge is 2.36. The molecule has 1 aromatic carbocycles. The first-order valence-corrected chi connectivity index (χ1v) is 10.4. The van der Waals surface area contributed by atoms with Crippen molar-refractivity contribution in [1.82, 2.24) is 19.5 Å². The largest absolute Gasteiger partial charge is 0.309 e. The third-order valence-corrected chi connectivity index (χ3v) is 6.18. The second kappa shape index (κ2) is 8.43. The van der Waals surface area contributed by atoms with Crippen molar-refractivity contribution in [2.45, 2.75) is 17.5 Å². The van der Waals surface area contributed by atoms with Crippen LogP contribution in [-0.2, 0) is 16.6 Å². The number of nitrogens with zero attached hydrogens (tertiary/aromatic N) is 3. The molecular formula is C19H25FN4O2S. The summed E-state index contributed by atoms with van der Waals surface area (Å²) in [5.74, 6) is -0.636. The van der Waals surface area contributed by atoms with Crippen LogP contribution in [0.25, 0.3) is 0 Å². The molecule has 1 fully saturated rings. The maximum absolute atomic E-state index is 14.0. The molecule has 2 aromatic rings. The van der Waals surface area contributed by atoms with E-state index in [1.54, 1.807) is 6.20 Å². The van der Waals surface area contributed by atoms with Gasteiger partial charge in [-0.05, 0) is 38.4 Å². The highest BCUT2D eigenvalue weighted by molar-refractivity contribution is 7.89. The summed E-state index contributed by atoms with van der Waals surface area (Å²) in [7, 11) is -0.000897. The van der Waals surface area contributed by atoms with Gasteiger partial charge in [0.15, 0.2) is 0 Å². The van der Waals surface area contributed by atoms with Gasteiger partial charge in [-0.15, -0.1) is 0 Å². The molecule has 146 valence electrons. The van der Waals surface area contributed by atoms with Gasteiger partial charge in [0.1, 0.15) is 10.7 Å². The summed E-state index contributed by atoms with van der Waals surface area (Å²) < 4.78 is 42.1. The number of pyridine rings is 1. The van der Waals surface area contributed by atoms with Crippen LogP contribution in [-0.4, -0.2) is 63.0 Å². The molecule has 1 N–H and O–H groups in total. The summed E-state index contributed by atoms with van der Waals surface area (Å²) in [6.45, 7) is 2.70. The summed E-state index contributed by atoms with van der Waals surface area (Å²) in [5.41, 5.74) is 0.943. The first-order chi connectivity index (χ1) is 12.8. The number of aromatic nitrogens is 1. The van der Waals surface area contributed by atoms with Crippen LogP contribution in [0, 0.1) is 11.7 Å². The van der Waals surface area contributed by atoms with Gasteiger partial charge in [-0.1, -0.05) is 18.2 Å². The third kappa shape index (κ3) is 5.10. The van der Waals surface area contributed by atoms with E-state index in [4.69, 9.17) is 0 Å². The minimum Gasteiger partial charge on any atom is -0.309 e. The second-order valence-electron chi connectivity index (χ2n) is 7.20. The maximum Gasteiger partial charge on any atom is 0.243 e. The first kappa shape index (κ1) is 19.9. The van der Waals surface area contributed by atoms with Crippen molar-refractivity contribution < 1.29 is 12.8 Å². The topological polar surface area (TPSA) is 65.5 Å². The van der Waals surface area contributed by atoms with Gasteiger partial charge in [-0.25, -0.2) is 17.5 Å². The van der Waals surface area contributed by atoms with Crippen LogP contribution < -0.4 is 4.72 Å². The zero-order valence-corrected chi connectivity index (χ0v) is 16.4. The van der Waals surface area contributed by atoms with Crippen LogP contribution in [0.5, 0.6) is 0 Å². The van der Waals surface area contributed by atoms with Gasteiger partial charge in [0.05, 0.1) is 5.69 Å².